The minimum atomic E-state index is -2.78. The van der Waals surface area contributed by atoms with Gasteiger partial charge in [-0.1, -0.05) is 12.1 Å². The zero-order valence-electron chi connectivity index (χ0n) is 22.6. The van der Waals surface area contributed by atoms with E-state index in [1.807, 2.05) is 4.90 Å². The number of aliphatic hydroxyl groups excluding tert-OH is 1. The number of aromatic nitrogens is 4. The first-order valence-electron chi connectivity index (χ1n) is 14.3. The van der Waals surface area contributed by atoms with Crippen LogP contribution in [0.5, 0.6) is 0 Å². The number of benzene rings is 1. The van der Waals surface area contributed by atoms with E-state index in [0.29, 0.717) is 66.9 Å². The van der Waals surface area contributed by atoms with Crippen molar-refractivity contribution in [2.75, 3.05) is 69.4 Å². The van der Waals surface area contributed by atoms with Crippen LogP contribution in [-0.2, 0) is 9.47 Å². The highest BCUT2D eigenvalue weighted by Gasteiger charge is 2.29. The van der Waals surface area contributed by atoms with Crippen molar-refractivity contribution in [1.82, 2.24) is 24.4 Å². The highest BCUT2D eigenvalue weighted by atomic mass is 19.3. The van der Waals surface area contributed by atoms with Gasteiger partial charge in [0, 0.05) is 38.3 Å². The predicted octanol–water partition coefficient (Wildman–Crippen LogP) is 3.25. The third-order valence-corrected chi connectivity index (χ3v) is 8.37. The van der Waals surface area contributed by atoms with Crippen molar-refractivity contribution in [1.29, 1.82) is 0 Å². The lowest BCUT2D eigenvalue weighted by atomic mass is 9.85. The molecule has 2 aromatic heterocycles. The van der Waals surface area contributed by atoms with Crippen molar-refractivity contribution in [2.24, 2.45) is 5.92 Å². The Morgan fingerprint density at radius 2 is 1.70 bits per heavy atom. The van der Waals surface area contributed by atoms with Gasteiger partial charge in [0.25, 0.3) is 6.43 Å². The van der Waals surface area contributed by atoms with E-state index in [1.54, 1.807) is 30.3 Å². The molecule has 12 heteroatoms. The van der Waals surface area contributed by atoms with Crippen LogP contribution in [0.4, 0.5) is 20.5 Å². The SMILES string of the molecule is OC[C@@H]1COCCN1c1cc(-n2c(C(F)F)nc3ccccc32)nc(NCC2CCC(N3CCOCC3)CC2)n1. The Hall–Kier alpha value is -2.93. The molecular formula is C28H37F2N7O3. The number of morpholine rings is 2. The van der Waals surface area contributed by atoms with Crippen molar-refractivity contribution in [3.63, 3.8) is 0 Å². The molecule has 10 nitrogen and oxygen atoms in total. The molecule has 1 aromatic carbocycles. The van der Waals surface area contributed by atoms with E-state index in [0.717, 1.165) is 52.0 Å². The van der Waals surface area contributed by atoms with Gasteiger partial charge in [-0.25, -0.2) is 13.8 Å². The molecule has 0 unspecified atom stereocenters. The number of hydrogen-bond donors (Lipinski definition) is 2. The predicted molar refractivity (Wildman–Crippen MR) is 147 cm³/mol. The van der Waals surface area contributed by atoms with Gasteiger partial charge < -0.3 is 24.8 Å². The highest BCUT2D eigenvalue weighted by molar-refractivity contribution is 5.78. The van der Waals surface area contributed by atoms with E-state index in [2.05, 4.69) is 15.2 Å². The topological polar surface area (TPSA) is 101 Å². The van der Waals surface area contributed by atoms with E-state index in [4.69, 9.17) is 19.4 Å². The third-order valence-electron chi connectivity index (χ3n) is 8.37. The van der Waals surface area contributed by atoms with Crippen LogP contribution in [0.2, 0.25) is 0 Å². The van der Waals surface area contributed by atoms with Gasteiger partial charge in [0.2, 0.25) is 5.95 Å². The Morgan fingerprint density at radius 3 is 2.48 bits per heavy atom. The number of halogens is 2. The van der Waals surface area contributed by atoms with Crippen LogP contribution < -0.4 is 10.2 Å². The lowest BCUT2D eigenvalue weighted by Gasteiger charge is -2.38. The van der Waals surface area contributed by atoms with Gasteiger partial charge in [-0.3, -0.25) is 9.47 Å². The Morgan fingerprint density at radius 1 is 0.950 bits per heavy atom. The maximum absolute atomic E-state index is 14.2. The van der Waals surface area contributed by atoms with Crippen LogP contribution in [0.15, 0.2) is 30.3 Å². The van der Waals surface area contributed by atoms with Gasteiger partial charge in [-0.05, 0) is 43.7 Å². The monoisotopic (exact) mass is 557 g/mol. The first-order chi connectivity index (χ1) is 19.6. The Kier molecular flexibility index (Phi) is 8.38. The number of rotatable bonds is 8. The van der Waals surface area contributed by atoms with Gasteiger partial charge >= 0.3 is 0 Å². The molecule has 216 valence electrons. The lowest BCUT2D eigenvalue weighted by Crippen LogP contribution is -2.48. The molecule has 2 N–H and O–H groups in total. The van der Waals surface area contributed by atoms with Crippen molar-refractivity contribution < 1.29 is 23.4 Å². The number of imidazole rings is 1. The summed E-state index contributed by atoms with van der Waals surface area (Å²) in [6, 6.07) is 9.10. The summed E-state index contributed by atoms with van der Waals surface area (Å²) in [6.45, 7) is 5.63. The number of fused-ring (bicyclic) bond motifs is 1. The summed E-state index contributed by atoms with van der Waals surface area (Å²) < 4.78 is 40.8. The van der Waals surface area contributed by atoms with E-state index in [9.17, 15) is 13.9 Å². The quantitative estimate of drug-likeness (QED) is 0.432. The normalized spacial score (nSPS) is 24.6. The number of nitrogens with one attached hydrogen (secondary N) is 1. The van der Waals surface area contributed by atoms with E-state index in [-0.39, 0.29) is 18.5 Å². The maximum Gasteiger partial charge on any atom is 0.296 e. The van der Waals surface area contributed by atoms with Gasteiger partial charge in [-0.15, -0.1) is 0 Å². The molecule has 2 saturated heterocycles. The molecule has 6 rings (SSSR count). The molecule has 3 aliphatic rings. The standard InChI is InChI=1S/C28H37F2N7O3/c29-26(30)27-32-22-3-1-2-4-23(22)37(27)25-15-24(36-11-14-40-18-21(36)17-38)33-28(34-25)31-16-19-5-7-20(8-6-19)35-9-12-39-13-10-35/h1-4,15,19-21,26,38H,5-14,16-18H2,(H,31,33,34)/t19?,20?,21-/m1/s1. The zero-order chi connectivity index (χ0) is 27.5. The van der Waals surface area contributed by atoms with Crippen LogP contribution in [0, 0.1) is 5.92 Å². The average Bonchev–Trinajstić information content (AvgIpc) is 3.41. The lowest BCUT2D eigenvalue weighted by molar-refractivity contribution is 0.00539. The number of hydrogen-bond acceptors (Lipinski definition) is 9. The van der Waals surface area contributed by atoms with Crippen LogP contribution in [-0.4, -0.2) is 101 Å². The van der Waals surface area contributed by atoms with Crippen molar-refractivity contribution in [3.8, 4) is 5.82 Å². The molecule has 0 amide bonds. The maximum atomic E-state index is 14.2. The fraction of sp³-hybridized carbons (Fsp3) is 0.607. The summed E-state index contributed by atoms with van der Waals surface area (Å²) in [7, 11) is 0. The number of nitrogens with zero attached hydrogens (tertiary/aromatic N) is 6. The van der Waals surface area contributed by atoms with Crippen LogP contribution in [0.1, 0.15) is 37.9 Å². The highest BCUT2D eigenvalue weighted by Crippen LogP contribution is 2.31. The minimum absolute atomic E-state index is 0.106. The second kappa shape index (κ2) is 12.3. The molecule has 0 bridgehead atoms. The summed E-state index contributed by atoms with van der Waals surface area (Å²) in [6.07, 6.45) is 1.75. The smallest absolute Gasteiger partial charge is 0.296 e. The number of anilines is 2. The molecule has 3 fully saturated rings. The third kappa shape index (κ3) is 5.76. The largest absolute Gasteiger partial charge is 0.394 e. The molecule has 1 atom stereocenters. The van der Waals surface area contributed by atoms with Crippen molar-refractivity contribution >= 4 is 22.8 Å². The Balaban J connectivity index is 1.27. The van der Waals surface area contributed by atoms with Crippen molar-refractivity contribution in [2.45, 2.75) is 44.2 Å². The summed E-state index contributed by atoms with van der Waals surface area (Å²) >= 11 is 0. The number of alkyl halides is 2. The second-order valence-corrected chi connectivity index (χ2v) is 10.8. The molecule has 3 aromatic rings. The summed E-state index contributed by atoms with van der Waals surface area (Å²) in [4.78, 5) is 18.2. The minimum Gasteiger partial charge on any atom is -0.394 e. The molecule has 0 spiro atoms. The molecule has 40 heavy (non-hydrogen) atoms. The number of para-hydroxylation sites is 2. The second-order valence-electron chi connectivity index (χ2n) is 10.8. The first-order valence-corrected chi connectivity index (χ1v) is 14.3. The van der Waals surface area contributed by atoms with Gasteiger partial charge in [0.1, 0.15) is 11.6 Å². The average molecular weight is 558 g/mol. The van der Waals surface area contributed by atoms with E-state index >= 15 is 0 Å². The molecule has 2 aliphatic heterocycles. The fourth-order valence-corrected chi connectivity index (χ4v) is 6.19. The summed E-state index contributed by atoms with van der Waals surface area (Å²) in [5.74, 6) is 1.37. The zero-order valence-corrected chi connectivity index (χ0v) is 22.6. The first kappa shape index (κ1) is 27.3. The van der Waals surface area contributed by atoms with Gasteiger partial charge in [-0.2, -0.15) is 9.97 Å². The van der Waals surface area contributed by atoms with Gasteiger partial charge in [0.15, 0.2) is 5.82 Å². The Bertz CT molecular complexity index is 1280. The molecular weight excluding hydrogens is 520 g/mol. The molecule has 0 radical (unpaired) electrons. The van der Waals surface area contributed by atoms with E-state index < -0.39 is 6.43 Å². The summed E-state index contributed by atoms with van der Waals surface area (Å²) in [5, 5.41) is 13.4. The van der Waals surface area contributed by atoms with Crippen LogP contribution in [0.25, 0.3) is 16.9 Å². The van der Waals surface area contributed by atoms with Crippen LogP contribution >= 0.6 is 0 Å². The molecule has 1 aliphatic carbocycles. The molecule has 1 saturated carbocycles. The van der Waals surface area contributed by atoms with Crippen molar-refractivity contribution in [3.05, 3.63) is 36.2 Å². The number of aliphatic hydroxyl groups is 1. The van der Waals surface area contributed by atoms with E-state index in [1.165, 1.54) is 4.57 Å². The van der Waals surface area contributed by atoms with Gasteiger partial charge in [0.05, 0.1) is 50.1 Å². The van der Waals surface area contributed by atoms with Crippen LogP contribution in [0.3, 0.4) is 0 Å². The number of ether oxygens (including phenoxy) is 2. The Labute approximate surface area is 232 Å². The molecule has 4 heterocycles. The summed E-state index contributed by atoms with van der Waals surface area (Å²) in [5.41, 5.74) is 1.03. The fourth-order valence-electron chi connectivity index (χ4n) is 6.19.